The Balaban J connectivity index is 1.61. The van der Waals surface area contributed by atoms with Gasteiger partial charge in [0, 0.05) is 38.6 Å². The van der Waals surface area contributed by atoms with Crippen LogP contribution in [0.4, 0.5) is 10.5 Å². The molecule has 2 aromatic heterocycles. The maximum Gasteiger partial charge on any atom is 0.410 e. The average molecular weight is 394 g/mol. The van der Waals surface area contributed by atoms with Gasteiger partial charge in [-0.2, -0.15) is 0 Å². The molecule has 1 saturated heterocycles. The van der Waals surface area contributed by atoms with Crippen molar-refractivity contribution in [3.8, 4) is 17.1 Å². The molecule has 3 heterocycles. The number of para-hydroxylation sites is 1. The number of benzene rings is 1. The highest BCUT2D eigenvalue weighted by atomic mass is 16.5. The molecule has 8 heteroatoms. The summed E-state index contributed by atoms with van der Waals surface area (Å²) in [5.41, 5.74) is 8.55. The smallest absolute Gasteiger partial charge is 0.408 e. The van der Waals surface area contributed by atoms with Crippen LogP contribution in [0.5, 0.6) is 5.75 Å². The molecule has 4 rings (SSSR count). The fourth-order valence-corrected chi connectivity index (χ4v) is 3.76. The van der Waals surface area contributed by atoms with Gasteiger partial charge < -0.3 is 20.4 Å². The number of carbonyl (C=O) groups excluding carboxylic acids is 1. The Bertz CT molecular complexity index is 994. The topological polar surface area (TPSA) is 100 Å². The van der Waals surface area contributed by atoms with Crippen molar-refractivity contribution in [2.75, 3.05) is 37.6 Å². The van der Waals surface area contributed by atoms with Crippen LogP contribution < -0.4 is 15.4 Å². The van der Waals surface area contributed by atoms with Gasteiger partial charge in [-0.3, -0.25) is 9.88 Å². The zero-order valence-corrected chi connectivity index (χ0v) is 16.6. The number of imidazole rings is 1. The van der Waals surface area contributed by atoms with Gasteiger partial charge in [0.2, 0.25) is 0 Å². The van der Waals surface area contributed by atoms with E-state index in [-0.39, 0.29) is 0 Å². The molecule has 29 heavy (non-hydrogen) atoms. The second-order valence-electron chi connectivity index (χ2n) is 7.23. The van der Waals surface area contributed by atoms with Crippen molar-refractivity contribution in [3.63, 3.8) is 0 Å². The molecule has 3 N–H and O–H groups in total. The normalized spacial score (nSPS) is 15.0. The summed E-state index contributed by atoms with van der Waals surface area (Å²) in [4.78, 5) is 28.4. The van der Waals surface area contributed by atoms with Gasteiger partial charge in [0.1, 0.15) is 11.3 Å². The molecule has 3 aromatic rings. The first-order chi connectivity index (χ1) is 14.2. The van der Waals surface area contributed by atoms with Gasteiger partial charge in [0.15, 0.2) is 5.75 Å². The van der Waals surface area contributed by atoms with Crippen LogP contribution in [0.25, 0.3) is 22.4 Å². The number of nitrogens with zero attached hydrogens (tertiary/aromatic N) is 4. The molecule has 152 valence electrons. The van der Waals surface area contributed by atoms with Crippen molar-refractivity contribution in [2.24, 2.45) is 5.73 Å². The van der Waals surface area contributed by atoms with E-state index in [0.717, 1.165) is 42.9 Å². The van der Waals surface area contributed by atoms with Crippen LogP contribution in [0.15, 0.2) is 36.7 Å². The van der Waals surface area contributed by atoms with E-state index in [4.69, 9.17) is 10.5 Å². The Hall–Kier alpha value is -3.13. The van der Waals surface area contributed by atoms with E-state index < -0.39 is 6.09 Å². The number of rotatable bonds is 6. The highest BCUT2D eigenvalue weighted by Gasteiger charge is 2.21. The van der Waals surface area contributed by atoms with Crippen LogP contribution in [0, 0.1) is 0 Å². The molecular formula is C21H26N6O2. The third-order valence-electron chi connectivity index (χ3n) is 5.28. The Kier molecular flexibility index (Phi) is 5.62. The maximum atomic E-state index is 11.2. The second-order valence-corrected chi connectivity index (χ2v) is 7.23. The molecule has 1 aliphatic rings. The third-order valence-corrected chi connectivity index (χ3v) is 5.28. The number of nitrogens with one attached hydrogen (secondary N) is 1. The monoisotopic (exact) mass is 394 g/mol. The number of hydrogen-bond donors (Lipinski definition) is 2. The molecule has 1 fully saturated rings. The summed E-state index contributed by atoms with van der Waals surface area (Å²) in [6.07, 6.45) is 5.25. The first kappa shape index (κ1) is 19.2. The number of hydrogen-bond acceptors (Lipinski definition) is 6. The molecule has 0 radical (unpaired) electrons. The molecule has 0 aliphatic carbocycles. The molecule has 1 amide bonds. The molecule has 0 bridgehead atoms. The fraction of sp³-hybridized carbons (Fsp3) is 0.381. The second kappa shape index (κ2) is 8.48. The minimum Gasteiger partial charge on any atom is -0.408 e. The lowest BCUT2D eigenvalue weighted by Crippen LogP contribution is -2.46. The minimum atomic E-state index is -0.856. The van der Waals surface area contributed by atoms with Gasteiger partial charge in [-0.05, 0) is 31.2 Å². The van der Waals surface area contributed by atoms with Crippen LogP contribution in [0.2, 0.25) is 0 Å². The molecule has 0 spiro atoms. The van der Waals surface area contributed by atoms with Crippen LogP contribution in [0.3, 0.4) is 0 Å². The number of nitrogens with two attached hydrogens (primary N) is 1. The zero-order valence-electron chi connectivity index (χ0n) is 16.6. The molecule has 8 nitrogen and oxygen atoms in total. The van der Waals surface area contributed by atoms with Crippen molar-refractivity contribution < 1.29 is 9.53 Å². The summed E-state index contributed by atoms with van der Waals surface area (Å²) < 4.78 is 5.09. The Labute approximate surface area is 169 Å². The van der Waals surface area contributed by atoms with Gasteiger partial charge >= 0.3 is 6.09 Å². The summed E-state index contributed by atoms with van der Waals surface area (Å²) in [7, 11) is 0. The van der Waals surface area contributed by atoms with E-state index in [9.17, 15) is 4.79 Å². The largest absolute Gasteiger partial charge is 0.410 e. The number of ether oxygens (including phenoxy) is 1. The van der Waals surface area contributed by atoms with E-state index in [1.165, 1.54) is 19.4 Å². The van der Waals surface area contributed by atoms with Gasteiger partial charge in [0.25, 0.3) is 0 Å². The SMILES string of the molecule is CCCCN1CCN(c2ccncc2-c2nc3c(OC(N)=O)cccc3[nH]2)CC1. The van der Waals surface area contributed by atoms with E-state index in [0.29, 0.717) is 17.1 Å². The van der Waals surface area contributed by atoms with Crippen LogP contribution in [0.1, 0.15) is 19.8 Å². The van der Waals surface area contributed by atoms with E-state index in [1.54, 1.807) is 12.1 Å². The number of aromatic nitrogens is 3. The lowest BCUT2D eigenvalue weighted by Gasteiger charge is -2.36. The van der Waals surface area contributed by atoms with Crippen molar-refractivity contribution in [1.82, 2.24) is 19.9 Å². The Morgan fingerprint density at radius 2 is 2.07 bits per heavy atom. The summed E-state index contributed by atoms with van der Waals surface area (Å²) in [6.45, 7) is 7.44. The van der Waals surface area contributed by atoms with Crippen LogP contribution in [-0.4, -0.2) is 58.7 Å². The molecule has 1 aliphatic heterocycles. The highest BCUT2D eigenvalue weighted by molar-refractivity contribution is 5.88. The zero-order chi connectivity index (χ0) is 20.2. The summed E-state index contributed by atoms with van der Waals surface area (Å²) in [6, 6.07) is 7.40. The van der Waals surface area contributed by atoms with E-state index in [1.807, 2.05) is 24.5 Å². The van der Waals surface area contributed by atoms with Crippen molar-refractivity contribution in [3.05, 3.63) is 36.7 Å². The number of pyridine rings is 1. The highest BCUT2D eigenvalue weighted by Crippen LogP contribution is 2.32. The number of carbonyl (C=O) groups is 1. The van der Waals surface area contributed by atoms with Gasteiger partial charge in [-0.1, -0.05) is 19.4 Å². The molecule has 0 unspecified atom stereocenters. The number of H-pyrrole nitrogens is 1. The van der Waals surface area contributed by atoms with Crippen molar-refractivity contribution in [1.29, 1.82) is 0 Å². The molecule has 1 aromatic carbocycles. The predicted molar refractivity (Wildman–Crippen MR) is 113 cm³/mol. The maximum absolute atomic E-state index is 11.2. The van der Waals surface area contributed by atoms with Gasteiger partial charge in [-0.15, -0.1) is 0 Å². The fourth-order valence-electron chi connectivity index (χ4n) is 3.76. The van der Waals surface area contributed by atoms with Crippen molar-refractivity contribution >= 4 is 22.8 Å². The number of aromatic amines is 1. The lowest BCUT2D eigenvalue weighted by atomic mass is 10.1. The van der Waals surface area contributed by atoms with E-state index in [2.05, 4.69) is 31.7 Å². The number of anilines is 1. The first-order valence-corrected chi connectivity index (χ1v) is 10.0. The van der Waals surface area contributed by atoms with Crippen LogP contribution >= 0.6 is 0 Å². The standard InChI is InChI=1S/C21H26N6O2/c1-2-3-9-26-10-12-27(13-11-26)17-7-8-23-14-15(17)20-24-16-5-4-6-18(19(16)25-20)29-21(22)28/h4-8,14H,2-3,9-13H2,1H3,(H2,22,28)(H,24,25). The van der Waals surface area contributed by atoms with E-state index >= 15 is 0 Å². The molecule has 0 saturated carbocycles. The predicted octanol–water partition coefficient (Wildman–Crippen LogP) is 3.00. The first-order valence-electron chi connectivity index (χ1n) is 10.0. The summed E-state index contributed by atoms with van der Waals surface area (Å²) in [5.74, 6) is 1.03. The Morgan fingerprint density at radius 3 is 2.83 bits per heavy atom. The number of fused-ring (bicyclic) bond motifs is 1. The number of unbranched alkanes of at least 4 members (excludes halogenated alkanes) is 1. The van der Waals surface area contributed by atoms with Crippen molar-refractivity contribution in [2.45, 2.75) is 19.8 Å². The molecule has 0 atom stereocenters. The minimum absolute atomic E-state index is 0.340. The number of primary amides is 1. The quantitative estimate of drug-likeness (QED) is 0.667. The van der Waals surface area contributed by atoms with Gasteiger partial charge in [-0.25, -0.2) is 9.78 Å². The van der Waals surface area contributed by atoms with Gasteiger partial charge in [0.05, 0.1) is 16.8 Å². The summed E-state index contributed by atoms with van der Waals surface area (Å²) >= 11 is 0. The lowest BCUT2D eigenvalue weighted by molar-refractivity contribution is 0.211. The average Bonchev–Trinajstić information content (AvgIpc) is 3.18. The Morgan fingerprint density at radius 1 is 1.24 bits per heavy atom. The number of amides is 1. The summed E-state index contributed by atoms with van der Waals surface area (Å²) in [5, 5.41) is 0. The van der Waals surface area contributed by atoms with Crippen LogP contribution in [-0.2, 0) is 0 Å². The third kappa shape index (κ3) is 4.17. The number of piperazine rings is 1. The molecular weight excluding hydrogens is 368 g/mol.